The van der Waals surface area contributed by atoms with Crippen molar-refractivity contribution in [3.8, 4) is 0 Å². The summed E-state index contributed by atoms with van der Waals surface area (Å²) in [5.74, 6) is 0.663. The fourth-order valence-corrected chi connectivity index (χ4v) is 1.49. The lowest BCUT2D eigenvalue weighted by molar-refractivity contribution is 0.560. The van der Waals surface area contributed by atoms with Crippen LogP contribution in [-0.4, -0.2) is 6.04 Å². The zero-order valence-corrected chi connectivity index (χ0v) is 9.89. The molecule has 0 radical (unpaired) electrons. The molecule has 1 N–H and O–H groups in total. The van der Waals surface area contributed by atoms with Crippen LogP contribution in [0.2, 0.25) is 0 Å². The summed E-state index contributed by atoms with van der Waals surface area (Å²) in [4.78, 5) is 0. The van der Waals surface area contributed by atoms with Crippen molar-refractivity contribution in [1.29, 1.82) is 0 Å². The average Bonchev–Trinajstić information content (AvgIpc) is 2.01. The van der Waals surface area contributed by atoms with Crippen molar-refractivity contribution < 1.29 is 0 Å². The van der Waals surface area contributed by atoms with Gasteiger partial charge in [0.2, 0.25) is 0 Å². The molecule has 0 spiro atoms. The van der Waals surface area contributed by atoms with E-state index in [1.807, 2.05) is 0 Å². The molecule has 1 atom stereocenters. The fourth-order valence-electron chi connectivity index (χ4n) is 1.49. The van der Waals surface area contributed by atoms with E-state index in [-0.39, 0.29) is 0 Å². The Labute approximate surface area is 87.5 Å². The highest BCUT2D eigenvalue weighted by Gasteiger charge is 2.06. The second-order valence-electron chi connectivity index (χ2n) is 4.55. The molecular formula is C13H21N. The highest BCUT2D eigenvalue weighted by molar-refractivity contribution is 5.48. The third kappa shape index (κ3) is 3.06. The lowest BCUT2D eigenvalue weighted by Crippen LogP contribution is -2.21. The number of hydrogen-bond donors (Lipinski definition) is 1. The number of anilines is 1. The Morgan fingerprint density at radius 1 is 0.929 bits per heavy atom. The van der Waals surface area contributed by atoms with Gasteiger partial charge in [-0.05, 0) is 49.9 Å². The summed E-state index contributed by atoms with van der Waals surface area (Å²) in [5, 5.41) is 3.52. The smallest absolute Gasteiger partial charge is 0.0347 e. The van der Waals surface area contributed by atoms with Gasteiger partial charge >= 0.3 is 0 Å². The van der Waals surface area contributed by atoms with E-state index in [4.69, 9.17) is 0 Å². The maximum atomic E-state index is 3.52. The molecule has 0 fully saturated rings. The molecule has 1 aromatic carbocycles. The van der Waals surface area contributed by atoms with Crippen LogP contribution in [0, 0.1) is 19.8 Å². The van der Waals surface area contributed by atoms with Crippen molar-refractivity contribution in [3.05, 3.63) is 29.3 Å². The Morgan fingerprint density at radius 2 is 1.43 bits per heavy atom. The van der Waals surface area contributed by atoms with Gasteiger partial charge in [-0.15, -0.1) is 0 Å². The first kappa shape index (κ1) is 11.1. The first-order valence-electron chi connectivity index (χ1n) is 5.34. The molecule has 1 aromatic rings. The Morgan fingerprint density at radius 3 is 1.86 bits per heavy atom. The van der Waals surface area contributed by atoms with Crippen LogP contribution < -0.4 is 5.32 Å². The number of rotatable bonds is 3. The lowest BCUT2D eigenvalue weighted by atomic mass is 10.1. The minimum atomic E-state index is 0.524. The van der Waals surface area contributed by atoms with Gasteiger partial charge in [-0.25, -0.2) is 0 Å². The SMILES string of the molecule is Cc1cc(C)cc(N[C@H](C)C(C)C)c1. The Balaban J connectivity index is 2.76. The molecule has 0 aliphatic carbocycles. The molecule has 1 rings (SSSR count). The topological polar surface area (TPSA) is 12.0 Å². The highest BCUT2D eigenvalue weighted by Crippen LogP contribution is 2.16. The maximum Gasteiger partial charge on any atom is 0.0347 e. The minimum absolute atomic E-state index is 0.524. The first-order valence-corrected chi connectivity index (χ1v) is 5.34. The van der Waals surface area contributed by atoms with Gasteiger partial charge in [0.05, 0.1) is 0 Å². The van der Waals surface area contributed by atoms with E-state index >= 15 is 0 Å². The molecule has 0 saturated carbocycles. The van der Waals surface area contributed by atoms with Crippen LogP contribution in [-0.2, 0) is 0 Å². The third-order valence-electron chi connectivity index (χ3n) is 2.62. The van der Waals surface area contributed by atoms with Crippen molar-refractivity contribution in [2.24, 2.45) is 5.92 Å². The van der Waals surface area contributed by atoms with Crippen LogP contribution >= 0.6 is 0 Å². The summed E-state index contributed by atoms with van der Waals surface area (Å²) in [6.07, 6.45) is 0. The second-order valence-corrected chi connectivity index (χ2v) is 4.55. The van der Waals surface area contributed by atoms with E-state index < -0.39 is 0 Å². The van der Waals surface area contributed by atoms with Crippen LogP contribution in [0.1, 0.15) is 31.9 Å². The first-order chi connectivity index (χ1) is 6.49. The molecule has 0 bridgehead atoms. The summed E-state index contributed by atoms with van der Waals surface area (Å²) in [6, 6.07) is 7.12. The summed E-state index contributed by atoms with van der Waals surface area (Å²) in [5.41, 5.74) is 3.88. The summed E-state index contributed by atoms with van der Waals surface area (Å²) >= 11 is 0. The Kier molecular flexibility index (Phi) is 3.56. The average molecular weight is 191 g/mol. The van der Waals surface area contributed by atoms with E-state index in [0.717, 1.165) is 0 Å². The van der Waals surface area contributed by atoms with Gasteiger partial charge < -0.3 is 5.32 Å². The van der Waals surface area contributed by atoms with Crippen molar-refractivity contribution in [1.82, 2.24) is 0 Å². The van der Waals surface area contributed by atoms with Gasteiger partial charge in [-0.1, -0.05) is 19.9 Å². The summed E-state index contributed by atoms with van der Waals surface area (Å²) in [7, 11) is 0. The van der Waals surface area contributed by atoms with Crippen molar-refractivity contribution >= 4 is 5.69 Å². The molecular weight excluding hydrogens is 170 g/mol. The van der Waals surface area contributed by atoms with Crippen molar-refractivity contribution in [3.63, 3.8) is 0 Å². The predicted molar refractivity (Wildman–Crippen MR) is 63.8 cm³/mol. The quantitative estimate of drug-likeness (QED) is 0.767. The van der Waals surface area contributed by atoms with Crippen molar-refractivity contribution in [2.45, 2.75) is 40.7 Å². The van der Waals surface area contributed by atoms with Gasteiger partial charge in [-0.3, -0.25) is 0 Å². The normalized spacial score (nSPS) is 13.0. The van der Waals surface area contributed by atoms with Gasteiger partial charge in [0, 0.05) is 11.7 Å². The molecule has 0 aromatic heterocycles. The van der Waals surface area contributed by atoms with Gasteiger partial charge in [0.15, 0.2) is 0 Å². The van der Waals surface area contributed by atoms with E-state index in [1.54, 1.807) is 0 Å². The maximum absolute atomic E-state index is 3.52. The van der Waals surface area contributed by atoms with Crippen LogP contribution in [0.25, 0.3) is 0 Å². The zero-order chi connectivity index (χ0) is 10.7. The van der Waals surface area contributed by atoms with Crippen LogP contribution in [0.4, 0.5) is 5.69 Å². The molecule has 14 heavy (non-hydrogen) atoms. The largest absolute Gasteiger partial charge is 0.382 e. The molecule has 0 aliphatic rings. The molecule has 0 unspecified atom stereocenters. The molecule has 0 amide bonds. The van der Waals surface area contributed by atoms with Crippen LogP contribution in [0.5, 0.6) is 0 Å². The summed E-state index contributed by atoms with van der Waals surface area (Å²) < 4.78 is 0. The molecule has 0 heterocycles. The van der Waals surface area contributed by atoms with Crippen LogP contribution in [0.3, 0.4) is 0 Å². The molecule has 0 saturated heterocycles. The zero-order valence-electron chi connectivity index (χ0n) is 9.89. The minimum Gasteiger partial charge on any atom is -0.382 e. The van der Waals surface area contributed by atoms with Gasteiger partial charge in [0.25, 0.3) is 0 Å². The van der Waals surface area contributed by atoms with E-state index in [2.05, 4.69) is 58.1 Å². The van der Waals surface area contributed by atoms with Gasteiger partial charge in [-0.2, -0.15) is 0 Å². The number of benzene rings is 1. The Bertz CT molecular complexity index is 282. The second kappa shape index (κ2) is 4.50. The lowest BCUT2D eigenvalue weighted by Gasteiger charge is -2.19. The monoisotopic (exact) mass is 191 g/mol. The predicted octanol–water partition coefficient (Wildman–Crippen LogP) is 3.76. The standard InChI is InChI=1S/C13H21N/c1-9(2)12(5)14-13-7-10(3)6-11(4)8-13/h6-9,12,14H,1-5H3/t12-/m1/s1. The molecule has 78 valence electrons. The van der Waals surface area contributed by atoms with E-state index in [1.165, 1.54) is 16.8 Å². The van der Waals surface area contributed by atoms with E-state index in [9.17, 15) is 0 Å². The molecule has 1 heteroatoms. The molecule has 0 aliphatic heterocycles. The fraction of sp³-hybridized carbons (Fsp3) is 0.538. The Hall–Kier alpha value is -0.980. The van der Waals surface area contributed by atoms with Crippen molar-refractivity contribution in [2.75, 3.05) is 5.32 Å². The van der Waals surface area contributed by atoms with E-state index in [0.29, 0.717) is 12.0 Å². The third-order valence-corrected chi connectivity index (χ3v) is 2.62. The summed E-state index contributed by atoms with van der Waals surface area (Å²) in [6.45, 7) is 11.0. The van der Waals surface area contributed by atoms with Crippen LogP contribution in [0.15, 0.2) is 18.2 Å². The number of nitrogens with one attached hydrogen (secondary N) is 1. The van der Waals surface area contributed by atoms with Gasteiger partial charge in [0.1, 0.15) is 0 Å². The number of aryl methyl sites for hydroxylation is 2. The molecule has 1 nitrogen and oxygen atoms in total. The highest BCUT2D eigenvalue weighted by atomic mass is 14.9. The number of hydrogen-bond acceptors (Lipinski definition) is 1.